The predicted molar refractivity (Wildman–Crippen MR) is 86.8 cm³/mol. The molecule has 0 aromatic carbocycles. The Hall–Kier alpha value is -1.38. The van der Waals surface area contributed by atoms with Gasteiger partial charge in [0.05, 0.1) is 19.1 Å². The molecule has 1 aliphatic carbocycles. The maximum Gasteiger partial charge on any atom is 0.407 e. The number of rotatable bonds is 5. The van der Waals surface area contributed by atoms with Crippen molar-refractivity contribution in [3.05, 3.63) is 0 Å². The Kier molecular flexibility index (Phi) is 6.60. The molecule has 140 valence electrons. The van der Waals surface area contributed by atoms with Crippen LogP contribution in [0.15, 0.2) is 0 Å². The minimum absolute atomic E-state index is 0.264. The molecule has 0 aliphatic heterocycles. The fourth-order valence-corrected chi connectivity index (χ4v) is 2.68. The summed E-state index contributed by atoms with van der Waals surface area (Å²) in [7, 11) is 2.91. The number of hydrogen-bond donors (Lipinski definition) is 2. The van der Waals surface area contributed by atoms with Gasteiger partial charge in [-0.1, -0.05) is 0 Å². The fraction of sp³-hybridized carbons (Fsp3) is 0.875. The Morgan fingerprint density at radius 3 is 2.21 bits per heavy atom. The van der Waals surface area contributed by atoms with Gasteiger partial charge in [-0.15, -0.1) is 0 Å². The number of nitrogens with one attached hydrogen (secondary N) is 1. The maximum absolute atomic E-state index is 12.4. The normalized spacial score (nSPS) is 24.6. The smallest absolute Gasteiger partial charge is 0.407 e. The van der Waals surface area contributed by atoms with Gasteiger partial charge >= 0.3 is 6.09 Å². The second kappa shape index (κ2) is 7.67. The molecule has 1 aliphatic rings. The Morgan fingerprint density at radius 2 is 1.75 bits per heavy atom. The van der Waals surface area contributed by atoms with Gasteiger partial charge < -0.3 is 19.9 Å². The number of carbonyl (C=O) groups excluding carboxylic acids is 2. The number of nitrogens with zero attached hydrogens (tertiary/aromatic N) is 1. The van der Waals surface area contributed by atoms with Crippen LogP contribution in [0, 0.1) is 5.92 Å². The maximum atomic E-state index is 12.4. The topological polar surface area (TPSA) is 97.3 Å². The van der Waals surface area contributed by atoms with Crippen LogP contribution in [0.3, 0.4) is 0 Å². The van der Waals surface area contributed by atoms with Crippen molar-refractivity contribution in [2.45, 2.75) is 71.0 Å². The first kappa shape index (κ1) is 20.7. The zero-order valence-electron chi connectivity index (χ0n) is 15.6. The average Bonchev–Trinajstić information content (AvgIpc) is 2.74. The zero-order chi connectivity index (χ0) is 18.7. The van der Waals surface area contributed by atoms with Gasteiger partial charge in [0.1, 0.15) is 5.60 Å². The van der Waals surface area contributed by atoms with Crippen molar-refractivity contribution in [2.24, 2.45) is 5.92 Å². The molecule has 0 bridgehead atoms. The summed E-state index contributed by atoms with van der Waals surface area (Å²) in [5.41, 5.74) is -0.600. The monoisotopic (exact) mass is 346 g/mol. The molecule has 24 heavy (non-hydrogen) atoms. The lowest BCUT2D eigenvalue weighted by atomic mass is 10.0. The summed E-state index contributed by atoms with van der Waals surface area (Å²) in [6.45, 7) is 8.34. The number of hydroxylamine groups is 2. The standard InChI is InChI=1S/C16H30N2O6/c1-15(2,3)24-14(20)17-10-8-11(13(19)18(6)22-7)12(9-10)23-16(4,5)21/h10-12,21H,8-9H2,1-7H3,(H,17,20)/t10?,11?,12-/m0/s1. The number of alkyl carbamates (subject to hydrolysis) is 1. The van der Waals surface area contributed by atoms with E-state index in [1.807, 2.05) is 0 Å². The van der Waals surface area contributed by atoms with Crippen LogP contribution >= 0.6 is 0 Å². The third-order valence-corrected chi connectivity index (χ3v) is 3.57. The number of amides is 2. The summed E-state index contributed by atoms with van der Waals surface area (Å²) in [5.74, 6) is -2.17. The van der Waals surface area contributed by atoms with Gasteiger partial charge in [-0.05, 0) is 47.5 Å². The van der Waals surface area contributed by atoms with Crippen LogP contribution < -0.4 is 5.32 Å². The van der Waals surface area contributed by atoms with Gasteiger partial charge in [-0.25, -0.2) is 9.86 Å². The van der Waals surface area contributed by atoms with E-state index in [0.717, 1.165) is 5.06 Å². The lowest BCUT2D eigenvalue weighted by Gasteiger charge is -2.28. The molecular formula is C16H30N2O6. The summed E-state index contributed by atoms with van der Waals surface area (Å²) >= 11 is 0. The van der Waals surface area contributed by atoms with Crippen molar-refractivity contribution in [1.29, 1.82) is 0 Å². The highest BCUT2D eigenvalue weighted by Gasteiger charge is 2.43. The molecule has 2 amide bonds. The molecule has 0 aromatic heterocycles. The van der Waals surface area contributed by atoms with Crippen molar-refractivity contribution in [3.8, 4) is 0 Å². The number of aliphatic hydroxyl groups is 1. The molecule has 8 heteroatoms. The molecule has 3 atom stereocenters. The van der Waals surface area contributed by atoms with Crippen molar-refractivity contribution in [2.75, 3.05) is 14.2 Å². The molecule has 0 aromatic rings. The Bertz CT molecular complexity index is 454. The van der Waals surface area contributed by atoms with E-state index >= 15 is 0 Å². The molecule has 2 N–H and O–H groups in total. The molecule has 1 fully saturated rings. The zero-order valence-corrected chi connectivity index (χ0v) is 15.6. The molecule has 0 spiro atoms. The second-order valence-corrected chi connectivity index (χ2v) is 7.54. The molecule has 1 rings (SSSR count). The molecule has 0 radical (unpaired) electrons. The van der Waals surface area contributed by atoms with E-state index in [2.05, 4.69) is 5.32 Å². The predicted octanol–water partition coefficient (Wildman–Crippen LogP) is 1.42. The van der Waals surface area contributed by atoms with Gasteiger partial charge in [-0.2, -0.15) is 0 Å². The van der Waals surface area contributed by atoms with E-state index in [1.54, 1.807) is 20.8 Å². The summed E-state index contributed by atoms with van der Waals surface area (Å²) < 4.78 is 10.8. The molecule has 8 nitrogen and oxygen atoms in total. The Balaban J connectivity index is 2.78. The largest absolute Gasteiger partial charge is 0.444 e. The van der Waals surface area contributed by atoms with Crippen molar-refractivity contribution >= 4 is 12.0 Å². The minimum atomic E-state index is -1.38. The third kappa shape index (κ3) is 6.62. The minimum Gasteiger partial charge on any atom is -0.444 e. The van der Waals surface area contributed by atoms with Crippen LogP contribution in [0.1, 0.15) is 47.5 Å². The third-order valence-electron chi connectivity index (χ3n) is 3.57. The summed E-state index contributed by atoms with van der Waals surface area (Å²) in [5, 5.41) is 13.8. The van der Waals surface area contributed by atoms with Crippen LogP contribution in [-0.2, 0) is 19.1 Å². The van der Waals surface area contributed by atoms with Crippen molar-refractivity contribution in [1.82, 2.24) is 10.4 Å². The Labute approximate surface area is 143 Å². The highest BCUT2D eigenvalue weighted by molar-refractivity contribution is 5.79. The van der Waals surface area contributed by atoms with Crippen LogP contribution in [0.2, 0.25) is 0 Å². The van der Waals surface area contributed by atoms with Gasteiger partial charge in [-0.3, -0.25) is 9.63 Å². The number of ether oxygens (including phenoxy) is 2. The van der Waals surface area contributed by atoms with E-state index in [4.69, 9.17) is 14.3 Å². The van der Waals surface area contributed by atoms with E-state index < -0.39 is 29.5 Å². The van der Waals surface area contributed by atoms with E-state index in [9.17, 15) is 14.7 Å². The average molecular weight is 346 g/mol. The van der Waals surface area contributed by atoms with Gasteiger partial charge in [0.25, 0.3) is 5.91 Å². The highest BCUT2D eigenvalue weighted by atomic mass is 16.7. The van der Waals surface area contributed by atoms with Gasteiger partial charge in [0.2, 0.25) is 0 Å². The van der Waals surface area contributed by atoms with E-state index in [-0.39, 0.29) is 11.9 Å². The summed E-state index contributed by atoms with van der Waals surface area (Å²) in [4.78, 5) is 29.3. The number of hydrogen-bond acceptors (Lipinski definition) is 6. The van der Waals surface area contributed by atoms with Gasteiger partial charge in [0, 0.05) is 13.1 Å². The lowest BCUT2D eigenvalue weighted by molar-refractivity contribution is -0.219. The van der Waals surface area contributed by atoms with Crippen molar-refractivity contribution < 1.29 is 29.0 Å². The first-order valence-electron chi connectivity index (χ1n) is 8.04. The van der Waals surface area contributed by atoms with Gasteiger partial charge in [0.15, 0.2) is 5.79 Å². The first-order chi connectivity index (χ1) is 10.8. The summed E-state index contributed by atoms with van der Waals surface area (Å²) in [6, 6.07) is -0.286. The van der Waals surface area contributed by atoms with Crippen LogP contribution in [0.5, 0.6) is 0 Å². The van der Waals surface area contributed by atoms with Crippen LogP contribution in [0.25, 0.3) is 0 Å². The quantitative estimate of drug-likeness (QED) is 0.577. The fourth-order valence-electron chi connectivity index (χ4n) is 2.68. The van der Waals surface area contributed by atoms with Crippen molar-refractivity contribution in [3.63, 3.8) is 0 Å². The van der Waals surface area contributed by atoms with E-state index in [0.29, 0.717) is 12.8 Å². The highest BCUT2D eigenvalue weighted by Crippen LogP contribution is 2.33. The molecular weight excluding hydrogens is 316 g/mol. The van der Waals surface area contributed by atoms with Crippen LogP contribution in [0.4, 0.5) is 4.79 Å². The number of carbonyl (C=O) groups is 2. The second-order valence-electron chi connectivity index (χ2n) is 7.54. The SMILES string of the molecule is CON(C)C(=O)C1CC(NC(=O)OC(C)(C)C)C[C@@H]1OC(C)(C)O. The van der Waals surface area contributed by atoms with Crippen LogP contribution in [-0.4, -0.2) is 59.9 Å². The Morgan fingerprint density at radius 1 is 1.17 bits per heavy atom. The lowest BCUT2D eigenvalue weighted by Crippen LogP contribution is -2.40. The molecule has 0 saturated heterocycles. The van der Waals surface area contributed by atoms with E-state index in [1.165, 1.54) is 28.0 Å². The first-order valence-corrected chi connectivity index (χ1v) is 8.04. The molecule has 1 saturated carbocycles. The molecule has 2 unspecified atom stereocenters. The summed E-state index contributed by atoms with van der Waals surface area (Å²) in [6.07, 6.45) is -0.290. The molecule has 0 heterocycles.